The summed E-state index contributed by atoms with van der Waals surface area (Å²) in [7, 11) is 0. The lowest BCUT2D eigenvalue weighted by molar-refractivity contribution is 0.102. The fraction of sp³-hybridized carbons (Fsp3) is 0.158. The van der Waals surface area contributed by atoms with Crippen molar-refractivity contribution < 1.29 is 4.79 Å². The van der Waals surface area contributed by atoms with Gasteiger partial charge in [0.2, 0.25) is 0 Å². The summed E-state index contributed by atoms with van der Waals surface area (Å²) < 4.78 is 2.07. The number of imidazole rings is 1. The van der Waals surface area contributed by atoms with Crippen LogP contribution in [0.25, 0.3) is 0 Å². The minimum absolute atomic E-state index is 0.0929. The first-order valence-electron chi connectivity index (χ1n) is 7.57. The molecule has 116 valence electrons. The number of nitrogens with zero attached hydrogens (tertiary/aromatic N) is 2. The Kier molecular flexibility index (Phi) is 4.24. The maximum Gasteiger partial charge on any atom is 0.255 e. The lowest BCUT2D eigenvalue weighted by atomic mass is 10.1. The van der Waals surface area contributed by atoms with Crippen LogP contribution in [-0.2, 0) is 6.54 Å². The molecule has 0 bridgehead atoms. The highest BCUT2D eigenvalue weighted by atomic mass is 16.1. The molecule has 1 N–H and O–H groups in total. The fourth-order valence-electron chi connectivity index (χ4n) is 2.44. The summed E-state index contributed by atoms with van der Waals surface area (Å²) >= 11 is 0. The van der Waals surface area contributed by atoms with Gasteiger partial charge in [0.05, 0.1) is 0 Å². The number of hydrogen-bond acceptors (Lipinski definition) is 2. The zero-order valence-electron chi connectivity index (χ0n) is 13.3. The van der Waals surface area contributed by atoms with Gasteiger partial charge in [0.1, 0.15) is 5.82 Å². The molecule has 3 rings (SSSR count). The molecule has 4 heteroatoms. The summed E-state index contributed by atoms with van der Waals surface area (Å²) in [6, 6.07) is 15.4. The van der Waals surface area contributed by atoms with E-state index in [0.29, 0.717) is 5.56 Å². The van der Waals surface area contributed by atoms with Crippen LogP contribution in [0.5, 0.6) is 0 Å². The third kappa shape index (κ3) is 3.48. The molecule has 1 heterocycles. The maximum atomic E-state index is 12.3. The van der Waals surface area contributed by atoms with Crippen LogP contribution in [0, 0.1) is 13.8 Å². The fourth-order valence-corrected chi connectivity index (χ4v) is 2.44. The predicted molar refractivity (Wildman–Crippen MR) is 91.6 cm³/mol. The van der Waals surface area contributed by atoms with E-state index in [0.717, 1.165) is 29.2 Å². The number of hydrogen-bond donors (Lipinski definition) is 1. The highest BCUT2D eigenvalue weighted by Crippen LogP contribution is 2.15. The third-order valence-electron chi connectivity index (χ3n) is 3.89. The number of anilines is 1. The molecule has 0 atom stereocenters. The highest BCUT2D eigenvalue weighted by Gasteiger charge is 2.07. The van der Waals surface area contributed by atoms with Crippen LogP contribution in [0.4, 0.5) is 5.69 Å². The van der Waals surface area contributed by atoms with Gasteiger partial charge in [-0.15, -0.1) is 0 Å². The van der Waals surface area contributed by atoms with E-state index in [2.05, 4.69) is 14.9 Å². The minimum atomic E-state index is -0.0929. The molecular weight excluding hydrogens is 286 g/mol. The molecule has 0 radical (unpaired) electrons. The van der Waals surface area contributed by atoms with Crippen molar-refractivity contribution in [1.29, 1.82) is 0 Å². The molecule has 0 aliphatic carbocycles. The summed E-state index contributed by atoms with van der Waals surface area (Å²) in [4.78, 5) is 16.5. The monoisotopic (exact) mass is 305 g/mol. The SMILES string of the molecule is Cc1ccccc1NC(=O)c1ccc(Cn2ccnc2C)cc1. The first-order chi connectivity index (χ1) is 11.1. The summed E-state index contributed by atoms with van der Waals surface area (Å²) in [5, 5.41) is 2.95. The van der Waals surface area contributed by atoms with E-state index in [1.165, 1.54) is 0 Å². The average molecular weight is 305 g/mol. The van der Waals surface area contributed by atoms with E-state index >= 15 is 0 Å². The molecule has 0 spiro atoms. The number of para-hydroxylation sites is 1. The van der Waals surface area contributed by atoms with Crippen LogP contribution >= 0.6 is 0 Å². The van der Waals surface area contributed by atoms with Gasteiger partial charge in [0.25, 0.3) is 5.91 Å². The van der Waals surface area contributed by atoms with Crippen LogP contribution in [0.2, 0.25) is 0 Å². The zero-order chi connectivity index (χ0) is 16.2. The van der Waals surface area contributed by atoms with Crippen molar-refractivity contribution in [2.24, 2.45) is 0 Å². The van der Waals surface area contributed by atoms with Gasteiger partial charge < -0.3 is 9.88 Å². The molecule has 2 aromatic carbocycles. The Hall–Kier alpha value is -2.88. The zero-order valence-corrected chi connectivity index (χ0v) is 13.3. The van der Waals surface area contributed by atoms with Crippen LogP contribution in [0.15, 0.2) is 60.9 Å². The summed E-state index contributed by atoms with van der Waals surface area (Å²) in [5.74, 6) is 0.885. The Morgan fingerprint density at radius 2 is 1.83 bits per heavy atom. The quantitative estimate of drug-likeness (QED) is 0.797. The smallest absolute Gasteiger partial charge is 0.255 e. The van der Waals surface area contributed by atoms with E-state index in [4.69, 9.17) is 0 Å². The number of rotatable bonds is 4. The van der Waals surface area contributed by atoms with Gasteiger partial charge in [0.15, 0.2) is 0 Å². The lowest BCUT2D eigenvalue weighted by Gasteiger charge is -2.09. The lowest BCUT2D eigenvalue weighted by Crippen LogP contribution is -2.12. The van der Waals surface area contributed by atoms with E-state index < -0.39 is 0 Å². The molecule has 1 amide bonds. The topological polar surface area (TPSA) is 46.9 Å². The van der Waals surface area contributed by atoms with Crippen molar-refractivity contribution in [3.8, 4) is 0 Å². The Balaban J connectivity index is 1.70. The van der Waals surface area contributed by atoms with Gasteiger partial charge >= 0.3 is 0 Å². The van der Waals surface area contributed by atoms with E-state index in [9.17, 15) is 4.79 Å². The normalized spacial score (nSPS) is 10.5. The van der Waals surface area contributed by atoms with Crippen LogP contribution in [0.1, 0.15) is 27.3 Å². The molecule has 0 saturated carbocycles. The molecule has 3 aromatic rings. The van der Waals surface area contributed by atoms with E-state index in [1.807, 2.05) is 68.6 Å². The number of carbonyl (C=O) groups is 1. The van der Waals surface area contributed by atoms with Gasteiger partial charge in [0, 0.05) is 30.2 Å². The molecule has 0 saturated heterocycles. The Bertz CT molecular complexity index is 819. The third-order valence-corrected chi connectivity index (χ3v) is 3.89. The number of amides is 1. The van der Waals surface area contributed by atoms with Crippen molar-refractivity contribution in [3.05, 3.63) is 83.4 Å². The predicted octanol–water partition coefficient (Wildman–Crippen LogP) is 3.80. The van der Waals surface area contributed by atoms with Gasteiger partial charge in [-0.3, -0.25) is 4.79 Å². The molecule has 23 heavy (non-hydrogen) atoms. The number of carbonyl (C=O) groups excluding carboxylic acids is 1. The minimum Gasteiger partial charge on any atom is -0.331 e. The average Bonchev–Trinajstić information content (AvgIpc) is 2.95. The number of benzene rings is 2. The Morgan fingerprint density at radius 1 is 1.09 bits per heavy atom. The summed E-state index contributed by atoms with van der Waals surface area (Å²) in [5.41, 5.74) is 3.68. The van der Waals surface area contributed by atoms with Crippen LogP contribution in [0.3, 0.4) is 0 Å². The first-order valence-corrected chi connectivity index (χ1v) is 7.57. The number of aryl methyl sites for hydroxylation is 2. The van der Waals surface area contributed by atoms with E-state index in [1.54, 1.807) is 6.20 Å². The Morgan fingerprint density at radius 3 is 2.48 bits per heavy atom. The van der Waals surface area contributed by atoms with Gasteiger partial charge in [-0.1, -0.05) is 30.3 Å². The second kappa shape index (κ2) is 6.48. The molecule has 1 aromatic heterocycles. The molecule has 4 nitrogen and oxygen atoms in total. The van der Waals surface area contributed by atoms with Crippen molar-refractivity contribution >= 4 is 11.6 Å². The summed E-state index contributed by atoms with van der Waals surface area (Å²) in [6.07, 6.45) is 3.74. The van der Waals surface area contributed by atoms with Gasteiger partial charge in [-0.2, -0.15) is 0 Å². The van der Waals surface area contributed by atoms with Crippen LogP contribution in [-0.4, -0.2) is 15.5 Å². The second-order valence-corrected chi connectivity index (χ2v) is 5.57. The summed E-state index contributed by atoms with van der Waals surface area (Å²) in [6.45, 7) is 4.71. The highest BCUT2D eigenvalue weighted by molar-refractivity contribution is 6.04. The number of nitrogens with one attached hydrogen (secondary N) is 1. The van der Waals surface area contributed by atoms with Crippen LogP contribution < -0.4 is 5.32 Å². The number of aromatic nitrogens is 2. The van der Waals surface area contributed by atoms with Crippen molar-refractivity contribution in [2.45, 2.75) is 20.4 Å². The second-order valence-electron chi connectivity index (χ2n) is 5.57. The largest absolute Gasteiger partial charge is 0.331 e. The standard InChI is InChI=1S/C19H19N3O/c1-14-5-3-4-6-18(14)21-19(23)17-9-7-16(8-10-17)13-22-12-11-20-15(22)2/h3-12H,13H2,1-2H3,(H,21,23). The maximum absolute atomic E-state index is 12.3. The molecule has 0 fully saturated rings. The first kappa shape index (κ1) is 15.0. The molecular formula is C19H19N3O. The molecule has 0 unspecified atom stereocenters. The Labute approximate surface area is 135 Å². The van der Waals surface area contributed by atoms with E-state index in [-0.39, 0.29) is 5.91 Å². The van der Waals surface area contributed by atoms with Crippen molar-refractivity contribution in [1.82, 2.24) is 9.55 Å². The van der Waals surface area contributed by atoms with Gasteiger partial charge in [-0.05, 0) is 43.2 Å². The van der Waals surface area contributed by atoms with Crippen molar-refractivity contribution in [3.63, 3.8) is 0 Å². The molecule has 0 aliphatic rings. The molecule has 0 aliphatic heterocycles. The van der Waals surface area contributed by atoms with Gasteiger partial charge in [-0.25, -0.2) is 4.98 Å². The van der Waals surface area contributed by atoms with Crippen molar-refractivity contribution in [2.75, 3.05) is 5.32 Å².